The van der Waals surface area contributed by atoms with Gasteiger partial charge in [0.1, 0.15) is 5.75 Å². The van der Waals surface area contributed by atoms with Crippen LogP contribution in [0.5, 0.6) is 5.75 Å². The molecule has 2 heterocycles. The Morgan fingerprint density at radius 3 is 2.90 bits per heavy atom. The van der Waals surface area contributed by atoms with E-state index in [9.17, 15) is 0 Å². The molecule has 0 fully saturated rings. The van der Waals surface area contributed by atoms with Gasteiger partial charge in [0.2, 0.25) is 0 Å². The number of nitrogens with zero attached hydrogens (tertiary/aromatic N) is 2. The van der Waals surface area contributed by atoms with Crippen LogP contribution in [0.4, 0.5) is 0 Å². The summed E-state index contributed by atoms with van der Waals surface area (Å²) in [5.74, 6) is 0.700. The van der Waals surface area contributed by atoms with Crippen LogP contribution in [0, 0.1) is 0 Å². The molecule has 1 unspecified atom stereocenters. The minimum Gasteiger partial charge on any atom is -0.495 e. The van der Waals surface area contributed by atoms with Gasteiger partial charge in [-0.25, -0.2) is 0 Å². The van der Waals surface area contributed by atoms with Crippen LogP contribution >= 0.6 is 0 Å². The van der Waals surface area contributed by atoms with Crippen molar-refractivity contribution in [2.75, 3.05) is 7.11 Å². The fourth-order valence-corrected chi connectivity index (χ4v) is 2.29. The lowest BCUT2D eigenvalue weighted by Gasteiger charge is -2.16. The topological polar surface area (TPSA) is 61.0 Å². The third-order valence-corrected chi connectivity index (χ3v) is 3.36. The molecule has 0 amide bonds. The van der Waals surface area contributed by atoms with Crippen molar-refractivity contribution in [2.45, 2.75) is 6.04 Å². The summed E-state index contributed by atoms with van der Waals surface area (Å²) >= 11 is 0. The summed E-state index contributed by atoms with van der Waals surface area (Å²) in [7, 11) is 1.62. The van der Waals surface area contributed by atoms with Crippen molar-refractivity contribution >= 4 is 10.9 Å². The van der Waals surface area contributed by atoms with Gasteiger partial charge in [-0.2, -0.15) is 0 Å². The van der Waals surface area contributed by atoms with E-state index in [1.807, 2.05) is 30.3 Å². The normalized spacial score (nSPS) is 12.3. The maximum atomic E-state index is 6.36. The number of pyridine rings is 2. The number of methoxy groups -OCH3 is 1. The van der Waals surface area contributed by atoms with E-state index in [4.69, 9.17) is 10.5 Å². The first-order chi connectivity index (χ1) is 9.79. The third kappa shape index (κ3) is 2.21. The number of nitrogens with two attached hydrogens (primary N) is 1. The van der Waals surface area contributed by atoms with Crippen LogP contribution < -0.4 is 10.5 Å². The number of rotatable bonds is 3. The Hall–Kier alpha value is -2.46. The molecule has 0 aliphatic rings. The van der Waals surface area contributed by atoms with E-state index in [0.717, 1.165) is 22.0 Å². The molecule has 0 saturated carbocycles. The maximum absolute atomic E-state index is 6.36. The lowest BCUT2D eigenvalue weighted by atomic mass is 9.98. The number of benzene rings is 1. The van der Waals surface area contributed by atoms with Crippen molar-refractivity contribution in [1.82, 2.24) is 9.97 Å². The smallest absolute Gasteiger partial charge is 0.142 e. The Labute approximate surface area is 117 Å². The van der Waals surface area contributed by atoms with Gasteiger partial charge in [0, 0.05) is 23.3 Å². The summed E-state index contributed by atoms with van der Waals surface area (Å²) in [6.07, 6.45) is 5.19. The van der Waals surface area contributed by atoms with Gasteiger partial charge < -0.3 is 10.5 Å². The Bertz CT molecular complexity index is 742. The summed E-state index contributed by atoms with van der Waals surface area (Å²) in [6, 6.07) is 11.6. The van der Waals surface area contributed by atoms with Crippen LogP contribution in [0.1, 0.15) is 17.2 Å². The van der Waals surface area contributed by atoms with E-state index in [2.05, 4.69) is 16.0 Å². The highest BCUT2D eigenvalue weighted by molar-refractivity contribution is 5.79. The van der Waals surface area contributed by atoms with Crippen LogP contribution in [0.3, 0.4) is 0 Å². The molecule has 3 aromatic rings. The zero-order valence-electron chi connectivity index (χ0n) is 11.2. The highest BCUT2D eigenvalue weighted by Gasteiger charge is 2.14. The molecule has 1 aromatic carbocycles. The molecule has 0 aliphatic carbocycles. The molecule has 0 bridgehead atoms. The van der Waals surface area contributed by atoms with Gasteiger partial charge in [-0.15, -0.1) is 0 Å². The van der Waals surface area contributed by atoms with Crippen molar-refractivity contribution in [3.8, 4) is 5.75 Å². The zero-order valence-corrected chi connectivity index (χ0v) is 11.2. The number of ether oxygens (including phenoxy) is 1. The molecule has 4 nitrogen and oxygen atoms in total. The monoisotopic (exact) mass is 265 g/mol. The van der Waals surface area contributed by atoms with E-state index in [1.54, 1.807) is 25.7 Å². The van der Waals surface area contributed by atoms with E-state index >= 15 is 0 Å². The molecule has 0 aliphatic heterocycles. The molecular weight excluding hydrogens is 250 g/mol. The zero-order chi connectivity index (χ0) is 13.9. The maximum Gasteiger partial charge on any atom is 0.142 e. The van der Waals surface area contributed by atoms with Crippen LogP contribution in [0.15, 0.2) is 55.0 Å². The quantitative estimate of drug-likeness (QED) is 0.791. The molecule has 0 spiro atoms. The van der Waals surface area contributed by atoms with Crippen LogP contribution in [0.2, 0.25) is 0 Å². The predicted molar refractivity (Wildman–Crippen MR) is 78.6 cm³/mol. The third-order valence-electron chi connectivity index (χ3n) is 3.36. The fourth-order valence-electron chi connectivity index (χ4n) is 2.29. The number of hydrogen-bond donors (Lipinski definition) is 1. The van der Waals surface area contributed by atoms with Crippen LogP contribution in [-0.2, 0) is 0 Å². The van der Waals surface area contributed by atoms with Gasteiger partial charge in [0.05, 0.1) is 24.9 Å². The van der Waals surface area contributed by atoms with Gasteiger partial charge >= 0.3 is 0 Å². The van der Waals surface area contributed by atoms with E-state index in [0.29, 0.717) is 5.75 Å². The van der Waals surface area contributed by atoms with Crippen molar-refractivity contribution < 1.29 is 4.74 Å². The molecular formula is C16H15N3O. The standard InChI is InChI=1S/C16H15N3O/c1-20-15-10-18-8-6-13(15)16(17)12-4-5-14-11(9-12)3-2-7-19-14/h2-10,16H,17H2,1H3. The first-order valence-corrected chi connectivity index (χ1v) is 6.38. The Kier molecular flexibility index (Phi) is 3.31. The molecule has 3 rings (SSSR count). The lowest BCUT2D eigenvalue weighted by molar-refractivity contribution is 0.406. The van der Waals surface area contributed by atoms with Crippen molar-refractivity contribution in [2.24, 2.45) is 5.73 Å². The molecule has 0 radical (unpaired) electrons. The van der Waals surface area contributed by atoms with Crippen LogP contribution in [0.25, 0.3) is 10.9 Å². The van der Waals surface area contributed by atoms with Crippen molar-refractivity contribution in [3.63, 3.8) is 0 Å². The minimum atomic E-state index is -0.252. The second kappa shape index (κ2) is 5.27. The number of hydrogen-bond acceptors (Lipinski definition) is 4. The molecule has 4 heteroatoms. The van der Waals surface area contributed by atoms with E-state index < -0.39 is 0 Å². The number of aromatic nitrogens is 2. The van der Waals surface area contributed by atoms with E-state index in [-0.39, 0.29) is 6.04 Å². The second-order valence-electron chi connectivity index (χ2n) is 4.55. The Morgan fingerprint density at radius 1 is 1.15 bits per heavy atom. The average molecular weight is 265 g/mol. The van der Waals surface area contributed by atoms with Gasteiger partial charge in [0.25, 0.3) is 0 Å². The largest absolute Gasteiger partial charge is 0.495 e. The lowest BCUT2D eigenvalue weighted by Crippen LogP contribution is -2.13. The van der Waals surface area contributed by atoms with Crippen LogP contribution in [-0.4, -0.2) is 17.1 Å². The molecule has 2 N–H and O–H groups in total. The molecule has 20 heavy (non-hydrogen) atoms. The second-order valence-corrected chi connectivity index (χ2v) is 4.55. The summed E-state index contributed by atoms with van der Waals surface area (Å²) < 4.78 is 5.32. The summed E-state index contributed by atoms with van der Waals surface area (Å²) in [5.41, 5.74) is 9.26. The highest BCUT2D eigenvalue weighted by Crippen LogP contribution is 2.28. The molecule has 2 aromatic heterocycles. The summed E-state index contributed by atoms with van der Waals surface area (Å²) in [6.45, 7) is 0. The molecule has 1 atom stereocenters. The summed E-state index contributed by atoms with van der Waals surface area (Å²) in [5, 5.41) is 1.08. The Morgan fingerprint density at radius 2 is 2.05 bits per heavy atom. The van der Waals surface area contributed by atoms with Gasteiger partial charge in [-0.05, 0) is 29.8 Å². The Balaban J connectivity index is 2.05. The van der Waals surface area contributed by atoms with Crippen molar-refractivity contribution in [3.05, 3.63) is 66.1 Å². The average Bonchev–Trinajstić information content (AvgIpc) is 2.53. The van der Waals surface area contributed by atoms with E-state index in [1.165, 1.54) is 0 Å². The first kappa shape index (κ1) is 12.6. The van der Waals surface area contributed by atoms with Crippen molar-refractivity contribution in [1.29, 1.82) is 0 Å². The highest BCUT2D eigenvalue weighted by atomic mass is 16.5. The van der Waals surface area contributed by atoms with Gasteiger partial charge in [-0.3, -0.25) is 9.97 Å². The fraction of sp³-hybridized carbons (Fsp3) is 0.125. The summed E-state index contributed by atoms with van der Waals surface area (Å²) in [4.78, 5) is 8.36. The number of fused-ring (bicyclic) bond motifs is 1. The SMILES string of the molecule is COc1cnccc1C(N)c1ccc2ncccc2c1. The molecule has 100 valence electrons. The first-order valence-electron chi connectivity index (χ1n) is 6.38. The van der Waals surface area contributed by atoms with Gasteiger partial charge in [0.15, 0.2) is 0 Å². The van der Waals surface area contributed by atoms with Gasteiger partial charge in [-0.1, -0.05) is 12.1 Å². The molecule has 0 saturated heterocycles. The predicted octanol–water partition coefficient (Wildman–Crippen LogP) is 2.69. The minimum absolute atomic E-state index is 0.252.